The molecule has 0 radical (unpaired) electrons. The largest absolute Gasteiger partial charge is 0.486 e. The third-order valence-corrected chi connectivity index (χ3v) is 2.46. The summed E-state index contributed by atoms with van der Waals surface area (Å²) in [5, 5.41) is 0. The van der Waals surface area contributed by atoms with Crippen LogP contribution in [0.5, 0.6) is 0 Å². The lowest BCUT2D eigenvalue weighted by Crippen LogP contribution is -2.15. The van der Waals surface area contributed by atoms with Crippen LogP contribution in [0.15, 0.2) is 23.7 Å². The number of rotatable bonds is 0. The minimum Gasteiger partial charge on any atom is -0.486 e. The van der Waals surface area contributed by atoms with E-state index in [1.807, 2.05) is 13.8 Å². The zero-order valence-electron chi connectivity index (χ0n) is 8.25. The Kier molecular flexibility index (Phi) is 2.30. The van der Waals surface area contributed by atoms with E-state index < -0.39 is 0 Å². The fraction of sp³-hybridized carbons (Fsp3) is 0.636. The maximum Gasteiger partial charge on any atom is 0.157 e. The fourth-order valence-electron chi connectivity index (χ4n) is 1.71. The van der Waals surface area contributed by atoms with E-state index in [0.29, 0.717) is 13.2 Å². The van der Waals surface area contributed by atoms with Crippen LogP contribution in [0, 0.1) is 11.8 Å². The monoisotopic (exact) mass is 180 g/mol. The Morgan fingerprint density at radius 3 is 1.92 bits per heavy atom. The van der Waals surface area contributed by atoms with Crippen LogP contribution >= 0.6 is 0 Å². The van der Waals surface area contributed by atoms with Crippen molar-refractivity contribution < 1.29 is 9.47 Å². The highest BCUT2D eigenvalue weighted by atomic mass is 16.6. The van der Waals surface area contributed by atoms with Crippen molar-refractivity contribution in [1.29, 1.82) is 0 Å². The molecule has 0 bridgehead atoms. The van der Waals surface area contributed by atoms with E-state index in [1.165, 1.54) is 6.42 Å². The first-order valence-electron chi connectivity index (χ1n) is 5.13. The molecule has 13 heavy (non-hydrogen) atoms. The van der Waals surface area contributed by atoms with Gasteiger partial charge in [0.1, 0.15) is 13.2 Å². The molecule has 3 rings (SSSR count). The van der Waals surface area contributed by atoms with Crippen LogP contribution in [0.2, 0.25) is 0 Å². The van der Waals surface area contributed by atoms with Crippen LogP contribution in [-0.4, -0.2) is 13.2 Å². The number of hydrogen-bond donors (Lipinski definition) is 0. The van der Waals surface area contributed by atoms with Gasteiger partial charge in [-0.3, -0.25) is 0 Å². The first-order chi connectivity index (χ1) is 6.43. The van der Waals surface area contributed by atoms with Gasteiger partial charge in [0.05, 0.1) is 0 Å². The first-order valence-corrected chi connectivity index (χ1v) is 5.13. The van der Waals surface area contributed by atoms with Gasteiger partial charge in [-0.15, -0.1) is 0 Å². The van der Waals surface area contributed by atoms with Crippen molar-refractivity contribution in [3.8, 4) is 0 Å². The number of fused-ring (bicyclic) bond motifs is 2. The molecular formula is C11H16O2. The molecule has 0 aromatic rings. The summed E-state index contributed by atoms with van der Waals surface area (Å²) in [6, 6.07) is 0. The number of hydrogen-bond acceptors (Lipinski definition) is 2. The number of allylic oxidation sites excluding steroid dienone is 2. The molecule has 2 unspecified atom stereocenters. The Hall–Kier alpha value is -0.920. The van der Waals surface area contributed by atoms with Crippen molar-refractivity contribution in [3.05, 3.63) is 23.7 Å². The average molecular weight is 180 g/mol. The van der Waals surface area contributed by atoms with E-state index >= 15 is 0 Å². The second-order valence-corrected chi connectivity index (χ2v) is 3.32. The summed E-state index contributed by atoms with van der Waals surface area (Å²) in [4.78, 5) is 0. The maximum absolute atomic E-state index is 5.45. The zero-order chi connectivity index (χ0) is 9.26. The van der Waals surface area contributed by atoms with E-state index in [4.69, 9.17) is 9.47 Å². The predicted octanol–water partition coefficient (Wildman–Crippen LogP) is 2.48. The van der Waals surface area contributed by atoms with E-state index in [9.17, 15) is 0 Å². The third-order valence-electron chi connectivity index (χ3n) is 2.46. The lowest BCUT2D eigenvalue weighted by atomic mass is 10.1. The van der Waals surface area contributed by atoms with Crippen molar-refractivity contribution >= 4 is 0 Å². The van der Waals surface area contributed by atoms with Crippen molar-refractivity contribution in [3.63, 3.8) is 0 Å². The molecule has 2 atom stereocenters. The van der Waals surface area contributed by atoms with Crippen LogP contribution < -0.4 is 0 Å². The molecule has 72 valence electrons. The van der Waals surface area contributed by atoms with E-state index in [2.05, 4.69) is 12.2 Å². The van der Waals surface area contributed by atoms with Crippen LogP contribution in [0.4, 0.5) is 0 Å². The Bertz CT molecular complexity index is 227. The van der Waals surface area contributed by atoms with Gasteiger partial charge in [-0.25, -0.2) is 0 Å². The fourth-order valence-corrected chi connectivity index (χ4v) is 1.71. The van der Waals surface area contributed by atoms with Gasteiger partial charge in [0.25, 0.3) is 0 Å². The molecule has 1 heterocycles. The smallest absolute Gasteiger partial charge is 0.157 e. The van der Waals surface area contributed by atoms with Gasteiger partial charge in [0.2, 0.25) is 0 Å². The summed E-state index contributed by atoms with van der Waals surface area (Å²) >= 11 is 0. The van der Waals surface area contributed by atoms with Crippen molar-refractivity contribution in [2.45, 2.75) is 20.3 Å². The molecule has 2 nitrogen and oxygen atoms in total. The molecule has 1 saturated carbocycles. The molecule has 1 aliphatic heterocycles. The standard InChI is InChI=1S/C9H10O2.C2H6/c1-2-11-9-5-7-3-6(7)4-8(9)10-1;1-2/h4-7H,1-3H2;1-2H3. The Labute approximate surface area is 79.2 Å². The van der Waals surface area contributed by atoms with Gasteiger partial charge in [-0.05, 0) is 30.4 Å². The SMILES string of the molecule is C1=C2OCCOC2=CC2CC12.CC. The van der Waals surface area contributed by atoms with Crippen molar-refractivity contribution in [2.75, 3.05) is 13.2 Å². The molecule has 0 amide bonds. The van der Waals surface area contributed by atoms with E-state index in [-0.39, 0.29) is 0 Å². The summed E-state index contributed by atoms with van der Waals surface area (Å²) in [7, 11) is 0. The molecule has 2 heteroatoms. The maximum atomic E-state index is 5.45. The Balaban J connectivity index is 0.000000308. The Morgan fingerprint density at radius 2 is 1.46 bits per heavy atom. The molecular weight excluding hydrogens is 164 g/mol. The second kappa shape index (κ2) is 3.44. The van der Waals surface area contributed by atoms with Crippen LogP contribution in [0.1, 0.15) is 20.3 Å². The third kappa shape index (κ3) is 1.58. The predicted molar refractivity (Wildman–Crippen MR) is 51.0 cm³/mol. The highest BCUT2D eigenvalue weighted by Gasteiger charge is 2.39. The van der Waals surface area contributed by atoms with Crippen LogP contribution in [0.25, 0.3) is 0 Å². The molecule has 1 saturated heterocycles. The summed E-state index contributed by atoms with van der Waals surface area (Å²) in [6.07, 6.45) is 5.71. The summed E-state index contributed by atoms with van der Waals surface area (Å²) in [5.41, 5.74) is 0. The van der Waals surface area contributed by atoms with Gasteiger partial charge in [0.15, 0.2) is 11.5 Å². The lowest BCUT2D eigenvalue weighted by molar-refractivity contribution is 0.0567. The van der Waals surface area contributed by atoms with Gasteiger partial charge in [-0.1, -0.05) is 13.8 Å². The quantitative estimate of drug-likeness (QED) is 0.570. The normalized spacial score (nSPS) is 33.1. The number of ether oxygens (including phenoxy) is 2. The summed E-state index contributed by atoms with van der Waals surface area (Å²) < 4.78 is 10.9. The van der Waals surface area contributed by atoms with Gasteiger partial charge >= 0.3 is 0 Å². The summed E-state index contributed by atoms with van der Waals surface area (Å²) in [5.74, 6) is 3.48. The molecule has 0 N–H and O–H groups in total. The highest BCUT2D eigenvalue weighted by molar-refractivity contribution is 5.32. The second-order valence-electron chi connectivity index (χ2n) is 3.32. The highest BCUT2D eigenvalue weighted by Crippen LogP contribution is 2.47. The molecule has 0 aromatic heterocycles. The van der Waals surface area contributed by atoms with E-state index in [0.717, 1.165) is 23.4 Å². The Morgan fingerprint density at radius 1 is 1.00 bits per heavy atom. The molecule has 2 fully saturated rings. The topological polar surface area (TPSA) is 18.5 Å². The van der Waals surface area contributed by atoms with Gasteiger partial charge in [-0.2, -0.15) is 0 Å². The molecule has 2 aliphatic carbocycles. The minimum atomic E-state index is 0.709. The van der Waals surface area contributed by atoms with E-state index in [1.54, 1.807) is 0 Å². The summed E-state index contributed by atoms with van der Waals surface area (Å²) in [6.45, 7) is 5.42. The minimum absolute atomic E-state index is 0.709. The van der Waals surface area contributed by atoms with Gasteiger partial charge < -0.3 is 9.47 Å². The molecule has 0 aromatic carbocycles. The molecule has 3 aliphatic rings. The van der Waals surface area contributed by atoms with Crippen molar-refractivity contribution in [1.82, 2.24) is 0 Å². The van der Waals surface area contributed by atoms with Crippen molar-refractivity contribution in [2.24, 2.45) is 11.8 Å². The average Bonchev–Trinajstić information content (AvgIpc) is 2.95. The van der Waals surface area contributed by atoms with Crippen LogP contribution in [-0.2, 0) is 9.47 Å². The van der Waals surface area contributed by atoms with Gasteiger partial charge in [0, 0.05) is 0 Å². The lowest BCUT2D eigenvalue weighted by Gasteiger charge is -2.22. The zero-order valence-corrected chi connectivity index (χ0v) is 8.25. The molecule has 0 spiro atoms. The van der Waals surface area contributed by atoms with Crippen LogP contribution in [0.3, 0.4) is 0 Å². The first kappa shape index (κ1) is 8.67.